The van der Waals surface area contributed by atoms with Crippen molar-refractivity contribution in [1.82, 2.24) is 9.47 Å². The smallest absolute Gasteiger partial charge is 0.417 e. The van der Waals surface area contributed by atoms with Crippen LogP contribution in [0.4, 0.5) is 0 Å². The van der Waals surface area contributed by atoms with Crippen LogP contribution in [-0.2, 0) is 26.6 Å². The highest BCUT2D eigenvalue weighted by atomic mass is 32.2. The molecule has 3 aromatic rings. The zero-order valence-electron chi connectivity index (χ0n) is 21.4. The van der Waals surface area contributed by atoms with E-state index in [4.69, 9.17) is 5.11 Å². The number of benzene rings is 2. The van der Waals surface area contributed by atoms with E-state index in [0.717, 1.165) is 34.5 Å². The number of aromatic hydroxyl groups is 1. The summed E-state index contributed by atoms with van der Waals surface area (Å²) in [5.41, 5.74) is 2.89. The minimum atomic E-state index is -1.55. The lowest BCUT2D eigenvalue weighted by Gasteiger charge is -2.18. The summed E-state index contributed by atoms with van der Waals surface area (Å²) in [6.45, 7) is 2.21. The normalized spacial score (nSPS) is 14.7. The number of carbonyl (C=O) groups is 3. The molecule has 0 amide bonds. The zero-order chi connectivity index (χ0) is 27.4. The molecule has 9 nitrogen and oxygen atoms in total. The molecule has 0 saturated heterocycles. The number of carbonyl (C=O) groups excluding carboxylic acids is 1. The van der Waals surface area contributed by atoms with E-state index in [1.54, 1.807) is 24.8 Å². The van der Waals surface area contributed by atoms with Crippen molar-refractivity contribution in [2.45, 2.75) is 61.9 Å². The first-order valence-electron chi connectivity index (χ1n) is 12.6. The van der Waals surface area contributed by atoms with E-state index < -0.39 is 17.9 Å². The molecule has 1 heterocycles. The van der Waals surface area contributed by atoms with E-state index in [-0.39, 0.29) is 12.4 Å². The molecule has 0 aliphatic heterocycles. The van der Waals surface area contributed by atoms with Gasteiger partial charge in [-0.15, -0.1) is 11.8 Å². The van der Waals surface area contributed by atoms with Gasteiger partial charge in [0.1, 0.15) is 5.75 Å². The minimum Gasteiger partial charge on any atom is -0.508 e. The molecular formula is C28H32N2O7S. The van der Waals surface area contributed by atoms with Crippen LogP contribution in [0.15, 0.2) is 47.4 Å². The van der Waals surface area contributed by atoms with Crippen molar-refractivity contribution in [3.63, 3.8) is 0 Å². The van der Waals surface area contributed by atoms with Gasteiger partial charge in [0.2, 0.25) is 0 Å². The number of aromatic nitrogens is 1. The Balaban J connectivity index is 0.000000368. The third-order valence-corrected chi connectivity index (χ3v) is 7.65. The summed E-state index contributed by atoms with van der Waals surface area (Å²) in [5.74, 6) is -2.88. The van der Waals surface area contributed by atoms with Crippen LogP contribution in [0.3, 0.4) is 0 Å². The summed E-state index contributed by atoms with van der Waals surface area (Å²) < 4.78 is 6.30. The Morgan fingerprint density at radius 3 is 2.26 bits per heavy atom. The average molecular weight is 541 g/mol. The number of hydrogen-bond acceptors (Lipinski definition) is 7. The summed E-state index contributed by atoms with van der Waals surface area (Å²) in [7, 11) is 2.06. The second kappa shape index (κ2) is 11.9. The van der Waals surface area contributed by atoms with Gasteiger partial charge in [0.05, 0.1) is 12.2 Å². The monoisotopic (exact) mass is 540 g/mol. The number of fused-ring (bicyclic) bond motifs is 1. The van der Waals surface area contributed by atoms with E-state index in [0.29, 0.717) is 35.3 Å². The fraction of sp³-hybridized carbons (Fsp3) is 0.393. The maximum Gasteiger partial charge on any atom is 0.417 e. The van der Waals surface area contributed by atoms with Crippen LogP contribution < -0.4 is 0 Å². The largest absolute Gasteiger partial charge is 0.508 e. The molecule has 0 atom stereocenters. The Kier molecular flexibility index (Phi) is 8.63. The van der Waals surface area contributed by atoms with Gasteiger partial charge in [0, 0.05) is 51.4 Å². The standard InChI is InChI=1S/C24H26N2O3S.C4H6O4/c1-25(15-7-8-15)13-18-21(27)12-11-19-22(18)23(24(28)29)20(26(19)16-9-10-16)14-30-17-5-3-2-4-6-17;1-2-8-4(7)3(5)6/h2-6,11-12,15-16,27H,7-10,13-14H2,1H3,(H,28,29);2H2,1H3,(H,5,6). The highest BCUT2D eigenvalue weighted by Crippen LogP contribution is 2.45. The first-order chi connectivity index (χ1) is 18.2. The van der Waals surface area contributed by atoms with E-state index in [1.807, 2.05) is 24.3 Å². The molecule has 2 aliphatic rings. The molecule has 2 saturated carbocycles. The molecule has 2 fully saturated rings. The van der Waals surface area contributed by atoms with Gasteiger partial charge in [0.15, 0.2) is 0 Å². The quantitative estimate of drug-likeness (QED) is 0.197. The van der Waals surface area contributed by atoms with Gasteiger partial charge in [-0.05, 0) is 63.9 Å². The Hall–Kier alpha value is -3.50. The maximum atomic E-state index is 12.5. The summed E-state index contributed by atoms with van der Waals surface area (Å²) in [6.07, 6.45) is 4.48. The summed E-state index contributed by atoms with van der Waals surface area (Å²) in [6, 6.07) is 14.6. The van der Waals surface area contributed by atoms with Crippen LogP contribution in [0, 0.1) is 0 Å². The Morgan fingerprint density at radius 1 is 1.05 bits per heavy atom. The van der Waals surface area contributed by atoms with E-state index in [2.05, 4.69) is 33.4 Å². The number of nitrogens with zero attached hydrogens (tertiary/aromatic N) is 2. The second-order valence-electron chi connectivity index (χ2n) is 9.46. The summed E-state index contributed by atoms with van der Waals surface area (Å²) >= 11 is 1.66. The molecule has 0 spiro atoms. The van der Waals surface area contributed by atoms with Crippen molar-refractivity contribution in [3.05, 3.63) is 59.3 Å². The van der Waals surface area contributed by atoms with Crippen molar-refractivity contribution < 1.29 is 34.4 Å². The first kappa shape index (κ1) is 27.5. The molecule has 1 aromatic heterocycles. The van der Waals surface area contributed by atoms with Crippen molar-refractivity contribution in [1.29, 1.82) is 0 Å². The Bertz CT molecular complexity index is 1330. The van der Waals surface area contributed by atoms with Gasteiger partial charge in [-0.2, -0.15) is 0 Å². The van der Waals surface area contributed by atoms with Crippen molar-refractivity contribution in [2.75, 3.05) is 13.7 Å². The number of phenols is 1. The third-order valence-electron chi connectivity index (χ3n) is 6.63. The topological polar surface area (TPSA) is 129 Å². The number of phenolic OH excluding ortho intramolecular Hbond substituents is 1. The summed E-state index contributed by atoms with van der Waals surface area (Å²) in [4.78, 5) is 35.4. The maximum absolute atomic E-state index is 12.5. The van der Waals surface area contributed by atoms with Gasteiger partial charge in [-0.25, -0.2) is 14.4 Å². The van der Waals surface area contributed by atoms with Crippen LogP contribution in [0.1, 0.15) is 60.3 Å². The Morgan fingerprint density at radius 2 is 1.74 bits per heavy atom. The van der Waals surface area contributed by atoms with Gasteiger partial charge in [-0.3, -0.25) is 4.90 Å². The number of carboxylic acid groups (broad SMARTS) is 2. The van der Waals surface area contributed by atoms with E-state index >= 15 is 0 Å². The fourth-order valence-corrected chi connectivity index (χ4v) is 5.49. The van der Waals surface area contributed by atoms with Crippen LogP contribution >= 0.6 is 11.8 Å². The fourth-order valence-electron chi connectivity index (χ4n) is 4.55. The molecule has 2 aliphatic carbocycles. The highest BCUT2D eigenvalue weighted by Gasteiger charge is 2.34. The predicted molar refractivity (Wildman–Crippen MR) is 144 cm³/mol. The van der Waals surface area contributed by atoms with Gasteiger partial charge in [-0.1, -0.05) is 18.2 Å². The minimum absolute atomic E-state index is 0.102. The van der Waals surface area contributed by atoms with Crippen LogP contribution in [0.5, 0.6) is 5.75 Å². The molecule has 0 unspecified atom stereocenters. The number of hydrogen-bond donors (Lipinski definition) is 3. The van der Waals surface area contributed by atoms with Gasteiger partial charge < -0.3 is 24.6 Å². The van der Waals surface area contributed by atoms with Crippen LogP contribution in [0.25, 0.3) is 10.9 Å². The molecule has 10 heteroatoms. The molecule has 3 N–H and O–H groups in total. The Labute approximate surface area is 225 Å². The van der Waals surface area contributed by atoms with Gasteiger partial charge >= 0.3 is 17.9 Å². The van der Waals surface area contributed by atoms with E-state index in [9.17, 15) is 24.6 Å². The number of ether oxygens (including phenoxy) is 1. The third kappa shape index (κ3) is 6.31. The molecule has 0 radical (unpaired) electrons. The summed E-state index contributed by atoms with van der Waals surface area (Å²) in [5, 5.41) is 29.5. The lowest BCUT2D eigenvalue weighted by atomic mass is 10.0. The molecule has 2 aromatic carbocycles. The second-order valence-corrected chi connectivity index (χ2v) is 10.5. The lowest BCUT2D eigenvalue weighted by molar-refractivity contribution is -0.163. The SMILES string of the molecule is CCOC(=O)C(=O)O.CN(Cc1c(O)ccc2c1c(C(=O)O)c(CSc1ccccc1)n2C1CC1)C1CC1. The average Bonchev–Trinajstić information content (AvgIpc) is 3.82. The number of carboxylic acids is 2. The highest BCUT2D eigenvalue weighted by molar-refractivity contribution is 7.98. The van der Waals surface area contributed by atoms with Crippen LogP contribution in [-0.4, -0.2) is 62.4 Å². The number of rotatable bonds is 9. The first-order valence-corrected chi connectivity index (χ1v) is 13.6. The molecule has 0 bridgehead atoms. The van der Waals surface area contributed by atoms with E-state index in [1.165, 1.54) is 12.8 Å². The van der Waals surface area contributed by atoms with Gasteiger partial charge in [0.25, 0.3) is 0 Å². The lowest BCUT2D eigenvalue weighted by Crippen LogP contribution is -2.20. The molecule has 38 heavy (non-hydrogen) atoms. The number of aromatic carboxylic acids is 1. The van der Waals surface area contributed by atoms with Crippen LogP contribution in [0.2, 0.25) is 0 Å². The van der Waals surface area contributed by atoms with Crippen molar-refractivity contribution in [3.8, 4) is 5.75 Å². The van der Waals surface area contributed by atoms with Crippen molar-refractivity contribution >= 4 is 40.6 Å². The molecule has 5 rings (SSSR count). The zero-order valence-corrected chi connectivity index (χ0v) is 22.2. The molecule has 202 valence electrons. The predicted octanol–water partition coefficient (Wildman–Crippen LogP) is 4.90. The molecular weight excluding hydrogens is 508 g/mol. The van der Waals surface area contributed by atoms with Crippen molar-refractivity contribution in [2.24, 2.45) is 0 Å². The number of aliphatic carboxylic acids is 1. The number of esters is 1. The number of thioether (sulfide) groups is 1.